The number of amides is 1. The highest BCUT2D eigenvalue weighted by Crippen LogP contribution is 2.29. The van der Waals surface area contributed by atoms with Crippen molar-refractivity contribution in [1.82, 2.24) is 20.3 Å². The number of aromatic nitrogens is 3. The topological polar surface area (TPSA) is 79.8 Å². The zero-order valence-corrected chi connectivity index (χ0v) is 15.2. The zero-order chi connectivity index (χ0) is 17.8. The SMILES string of the molecule is CC(=O)NC(C)c1ncc(-c2cccc(Nc3cc(Cl)ccn3)n2)s1. The predicted octanol–water partition coefficient (Wildman–Crippen LogP) is 4.19. The first kappa shape index (κ1) is 17.3. The van der Waals surface area contributed by atoms with E-state index < -0.39 is 0 Å². The van der Waals surface area contributed by atoms with Crippen LogP contribution in [0.2, 0.25) is 5.02 Å². The first-order valence-corrected chi connectivity index (χ1v) is 8.79. The summed E-state index contributed by atoms with van der Waals surface area (Å²) >= 11 is 7.47. The number of thiazole rings is 1. The Balaban J connectivity index is 1.80. The number of nitrogens with one attached hydrogen (secondary N) is 2. The van der Waals surface area contributed by atoms with Crippen molar-refractivity contribution in [2.75, 3.05) is 5.32 Å². The van der Waals surface area contributed by atoms with E-state index in [1.807, 2.05) is 25.1 Å². The van der Waals surface area contributed by atoms with Gasteiger partial charge in [0, 0.05) is 24.3 Å². The summed E-state index contributed by atoms with van der Waals surface area (Å²) in [5, 5.41) is 7.40. The van der Waals surface area contributed by atoms with Crippen LogP contribution in [0.4, 0.5) is 11.6 Å². The van der Waals surface area contributed by atoms with Crippen molar-refractivity contribution in [2.24, 2.45) is 0 Å². The number of rotatable bonds is 5. The van der Waals surface area contributed by atoms with Gasteiger partial charge in [-0.2, -0.15) is 0 Å². The summed E-state index contributed by atoms with van der Waals surface area (Å²) in [5.74, 6) is 1.21. The lowest BCUT2D eigenvalue weighted by Crippen LogP contribution is -2.23. The molecule has 0 fully saturated rings. The molecule has 0 aliphatic carbocycles. The van der Waals surface area contributed by atoms with Crippen molar-refractivity contribution in [3.05, 3.63) is 52.8 Å². The minimum absolute atomic E-state index is 0.0809. The predicted molar refractivity (Wildman–Crippen MR) is 100 cm³/mol. The first-order valence-electron chi connectivity index (χ1n) is 7.60. The van der Waals surface area contributed by atoms with Crippen LogP contribution in [-0.2, 0) is 4.79 Å². The summed E-state index contributed by atoms with van der Waals surface area (Å²) < 4.78 is 0. The number of nitrogens with zero attached hydrogens (tertiary/aromatic N) is 3. The Labute approximate surface area is 154 Å². The average Bonchev–Trinajstić information content (AvgIpc) is 3.05. The maximum atomic E-state index is 11.2. The number of carbonyl (C=O) groups excluding carboxylic acids is 1. The van der Waals surface area contributed by atoms with Gasteiger partial charge in [0.1, 0.15) is 16.6 Å². The molecule has 8 heteroatoms. The van der Waals surface area contributed by atoms with Crippen LogP contribution >= 0.6 is 22.9 Å². The van der Waals surface area contributed by atoms with Gasteiger partial charge in [-0.3, -0.25) is 4.79 Å². The van der Waals surface area contributed by atoms with Crippen LogP contribution in [0, 0.1) is 0 Å². The van der Waals surface area contributed by atoms with E-state index in [1.54, 1.807) is 24.5 Å². The molecular formula is C17H16ClN5OS. The second-order valence-electron chi connectivity index (χ2n) is 5.38. The lowest BCUT2D eigenvalue weighted by Gasteiger charge is -2.08. The third-order valence-electron chi connectivity index (χ3n) is 3.29. The molecule has 3 rings (SSSR count). The average molecular weight is 374 g/mol. The molecular weight excluding hydrogens is 358 g/mol. The summed E-state index contributed by atoms with van der Waals surface area (Å²) in [7, 11) is 0. The van der Waals surface area contributed by atoms with Gasteiger partial charge in [0.05, 0.1) is 16.6 Å². The fourth-order valence-corrected chi connectivity index (χ4v) is 3.27. The minimum Gasteiger partial charge on any atom is -0.347 e. The van der Waals surface area contributed by atoms with E-state index in [-0.39, 0.29) is 11.9 Å². The van der Waals surface area contributed by atoms with Crippen LogP contribution in [0.25, 0.3) is 10.6 Å². The Morgan fingerprint density at radius 2 is 2.08 bits per heavy atom. The van der Waals surface area contributed by atoms with Crippen LogP contribution in [0.3, 0.4) is 0 Å². The summed E-state index contributed by atoms with van der Waals surface area (Å²) in [5.41, 5.74) is 0.797. The molecule has 0 aliphatic rings. The molecule has 1 atom stereocenters. The highest BCUT2D eigenvalue weighted by molar-refractivity contribution is 7.15. The molecule has 6 nitrogen and oxygen atoms in total. The molecule has 2 N–H and O–H groups in total. The van der Waals surface area contributed by atoms with E-state index in [0.717, 1.165) is 15.6 Å². The number of hydrogen-bond donors (Lipinski definition) is 2. The van der Waals surface area contributed by atoms with Gasteiger partial charge in [-0.1, -0.05) is 17.7 Å². The van der Waals surface area contributed by atoms with Crippen molar-refractivity contribution in [2.45, 2.75) is 19.9 Å². The normalized spacial score (nSPS) is 11.8. The lowest BCUT2D eigenvalue weighted by atomic mass is 10.3. The number of pyridine rings is 2. The quantitative estimate of drug-likeness (QED) is 0.700. The van der Waals surface area contributed by atoms with Crippen molar-refractivity contribution >= 4 is 40.5 Å². The molecule has 3 aromatic rings. The Hall–Kier alpha value is -2.51. The van der Waals surface area contributed by atoms with Crippen LogP contribution in [-0.4, -0.2) is 20.9 Å². The van der Waals surface area contributed by atoms with E-state index in [1.165, 1.54) is 18.3 Å². The molecule has 0 bridgehead atoms. The highest BCUT2D eigenvalue weighted by atomic mass is 35.5. The second kappa shape index (κ2) is 7.58. The molecule has 25 heavy (non-hydrogen) atoms. The summed E-state index contributed by atoms with van der Waals surface area (Å²) in [4.78, 5) is 25.3. The van der Waals surface area contributed by atoms with Crippen molar-refractivity contribution < 1.29 is 4.79 Å². The van der Waals surface area contributed by atoms with Gasteiger partial charge < -0.3 is 10.6 Å². The van der Waals surface area contributed by atoms with E-state index >= 15 is 0 Å². The van der Waals surface area contributed by atoms with Gasteiger partial charge in [0.2, 0.25) is 5.91 Å². The zero-order valence-electron chi connectivity index (χ0n) is 13.7. The number of hydrogen-bond acceptors (Lipinski definition) is 6. The summed E-state index contributed by atoms with van der Waals surface area (Å²) in [6.45, 7) is 3.39. The number of halogens is 1. The van der Waals surface area contributed by atoms with Gasteiger partial charge in [0.15, 0.2) is 0 Å². The molecule has 1 amide bonds. The van der Waals surface area contributed by atoms with Gasteiger partial charge in [0.25, 0.3) is 0 Å². The van der Waals surface area contributed by atoms with Gasteiger partial charge in [-0.15, -0.1) is 11.3 Å². The standard InChI is InChI=1S/C17H16ClN5OS/c1-10(21-11(2)24)17-20-9-14(25-17)13-4-3-5-15(22-13)23-16-8-12(18)6-7-19-16/h3-10H,1-2H3,(H,21,24)(H,19,22,23). The van der Waals surface area contributed by atoms with Crippen molar-refractivity contribution in [3.8, 4) is 10.6 Å². The smallest absolute Gasteiger partial charge is 0.217 e. The Morgan fingerprint density at radius 3 is 2.84 bits per heavy atom. The molecule has 0 saturated heterocycles. The highest BCUT2D eigenvalue weighted by Gasteiger charge is 2.13. The molecule has 0 radical (unpaired) electrons. The van der Waals surface area contributed by atoms with Crippen LogP contribution < -0.4 is 10.6 Å². The fraction of sp³-hybridized carbons (Fsp3) is 0.176. The minimum atomic E-state index is -0.131. The van der Waals surface area contributed by atoms with Crippen molar-refractivity contribution in [3.63, 3.8) is 0 Å². The maximum absolute atomic E-state index is 11.2. The van der Waals surface area contributed by atoms with E-state index in [0.29, 0.717) is 16.7 Å². The molecule has 3 heterocycles. The third-order valence-corrected chi connectivity index (χ3v) is 4.73. The summed E-state index contributed by atoms with van der Waals surface area (Å²) in [6, 6.07) is 8.99. The van der Waals surface area contributed by atoms with Gasteiger partial charge >= 0.3 is 0 Å². The lowest BCUT2D eigenvalue weighted by molar-refractivity contribution is -0.119. The van der Waals surface area contributed by atoms with Gasteiger partial charge in [-0.05, 0) is 31.2 Å². The fourth-order valence-electron chi connectivity index (χ4n) is 2.22. The van der Waals surface area contributed by atoms with Crippen molar-refractivity contribution in [1.29, 1.82) is 0 Å². The second-order valence-corrected chi connectivity index (χ2v) is 6.88. The van der Waals surface area contributed by atoms with Crippen LogP contribution in [0.15, 0.2) is 42.7 Å². The Bertz CT molecular complexity index is 898. The third kappa shape index (κ3) is 4.52. The van der Waals surface area contributed by atoms with E-state index in [4.69, 9.17) is 11.6 Å². The molecule has 0 aromatic carbocycles. The van der Waals surface area contributed by atoms with Crippen LogP contribution in [0.5, 0.6) is 0 Å². The first-order chi connectivity index (χ1) is 12.0. The van der Waals surface area contributed by atoms with Crippen LogP contribution in [0.1, 0.15) is 24.9 Å². The number of carbonyl (C=O) groups is 1. The van der Waals surface area contributed by atoms with E-state index in [2.05, 4.69) is 25.6 Å². The molecule has 0 saturated carbocycles. The molecule has 0 aliphatic heterocycles. The Kier molecular flexibility index (Phi) is 5.25. The molecule has 1 unspecified atom stereocenters. The maximum Gasteiger partial charge on any atom is 0.217 e. The van der Waals surface area contributed by atoms with Gasteiger partial charge in [-0.25, -0.2) is 15.0 Å². The largest absolute Gasteiger partial charge is 0.347 e. The molecule has 0 spiro atoms. The molecule has 128 valence electrons. The number of anilines is 2. The summed E-state index contributed by atoms with van der Waals surface area (Å²) in [6.07, 6.45) is 3.40. The molecule has 3 aromatic heterocycles. The monoisotopic (exact) mass is 373 g/mol. The van der Waals surface area contributed by atoms with E-state index in [9.17, 15) is 4.79 Å². The Morgan fingerprint density at radius 1 is 1.24 bits per heavy atom.